The summed E-state index contributed by atoms with van der Waals surface area (Å²) in [4.78, 5) is 29.2. The van der Waals surface area contributed by atoms with Gasteiger partial charge in [0.25, 0.3) is 5.91 Å². The first-order valence-electron chi connectivity index (χ1n) is 9.34. The van der Waals surface area contributed by atoms with E-state index in [9.17, 15) is 18.4 Å². The zero-order valence-corrected chi connectivity index (χ0v) is 16.6. The maximum absolute atomic E-state index is 13.8. The van der Waals surface area contributed by atoms with Crippen molar-refractivity contribution >= 4 is 34.1 Å². The van der Waals surface area contributed by atoms with Crippen LogP contribution < -0.4 is 16.0 Å². The van der Waals surface area contributed by atoms with Gasteiger partial charge in [0.1, 0.15) is 11.6 Å². The van der Waals surface area contributed by atoms with Gasteiger partial charge in [0.05, 0.1) is 0 Å². The van der Waals surface area contributed by atoms with E-state index in [0.29, 0.717) is 21.9 Å². The summed E-state index contributed by atoms with van der Waals surface area (Å²) in [6, 6.07) is 9.94. The van der Waals surface area contributed by atoms with Crippen LogP contribution in [0.25, 0.3) is 0 Å². The summed E-state index contributed by atoms with van der Waals surface area (Å²) in [6.07, 6.45) is 3.76. The van der Waals surface area contributed by atoms with E-state index >= 15 is 0 Å². The van der Waals surface area contributed by atoms with Gasteiger partial charge < -0.3 is 10.6 Å². The number of thiazole rings is 1. The van der Waals surface area contributed by atoms with Gasteiger partial charge in [-0.1, -0.05) is 12.1 Å². The minimum atomic E-state index is -0.629. The third-order valence-corrected chi connectivity index (χ3v) is 5.36. The lowest BCUT2D eigenvalue weighted by molar-refractivity contribution is 0.102. The Morgan fingerprint density at radius 2 is 1.93 bits per heavy atom. The molecule has 6 nitrogen and oxygen atoms in total. The average molecular weight is 428 g/mol. The van der Waals surface area contributed by atoms with Gasteiger partial charge in [0.15, 0.2) is 5.13 Å². The van der Waals surface area contributed by atoms with E-state index < -0.39 is 11.6 Å². The minimum absolute atomic E-state index is 0.235. The topological polar surface area (TPSA) is 83.1 Å². The zero-order chi connectivity index (χ0) is 21.1. The van der Waals surface area contributed by atoms with Crippen LogP contribution in [0.1, 0.15) is 33.6 Å². The molecule has 0 aliphatic heterocycles. The Hall–Kier alpha value is -3.33. The number of rotatable bonds is 6. The first kappa shape index (κ1) is 20.0. The molecule has 1 aliphatic carbocycles. The molecule has 9 heteroatoms. The zero-order valence-electron chi connectivity index (χ0n) is 15.7. The van der Waals surface area contributed by atoms with Crippen molar-refractivity contribution in [3.8, 4) is 0 Å². The van der Waals surface area contributed by atoms with E-state index in [1.807, 2.05) is 0 Å². The lowest BCUT2D eigenvalue weighted by Crippen LogP contribution is -2.30. The van der Waals surface area contributed by atoms with Gasteiger partial charge in [-0.2, -0.15) is 0 Å². The van der Waals surface area contributed by atoms with Crippen LogP contribution in [0.4, 0.5) is 24.4 Å². The summed E-state index contributed by atoms with van der Waals surface area (Å²) in [5, 5.41) is 8.58. The van der Waals surface area contributed by atoms with Crippen molar-refractivity contribution in [2.45, 2.75) is 25.3 Å². The van der Waals surface area contributed by atoms with Crippen LogP contribution in [-0.2, 0) is 6.42 Å². The number of carbonyl (C=O) groups is 2. The molecule has 1 saturated carbocycles. The van der Waals surface area contributed by atoms with E-state index in [1.54, 1.807) is 30.5 Å². The van der Waals surface area contributed by atoms with Gasteiger partial charge in [-0.3, -0.25) is 10.1 Å². The van der Waals surface area contributed by atoms with Gasteiger partial charge in [-0.15, -0.1) is 11.3 Å². The molecule has 30 heavy (non-hydrogen) atoms. The van der Waals surface area contributed by atoms with Gasteiger partial charge in [-0.25, -0.2) is 18.6 Å². The number of aromatic nitrogens is 1. The maximum Gasteiger partial charge on any atom is 0.319 e. The highest BCUT2D eigenvalue weighted by Crippen LogP contribution is 2.24. The van der Waals surface area contributed by atoms with Crippen molar-refractivity contribution in [1.29, 1.82) is 0 Å². The van der Waals surface area contributed by atoms with Gasteiger partial charge in [-0.05, 0) is 42.7 Å². The Labute approximate surface area is 175 Å². The number of benzene rings is 2. The molecule has 154 valence electrons. The molecular formula is C21H18F2N4O2S. The number of nitrogens with one attached hydrogen (secondary N) is 3. The van der Waals surface area contributed by atoms with E-state index in [4.69, 9.17) is 0 Å². The second-order valence-electron chi connectivity index (χ2n) is 6.95. The molecule has 1 fully saturated rings. The van der Waals surface area contributed by atoms with Crippen LogP contribution in [0.15, 0.2) is 48.7 Å². The molecule has 1 heterocycles. The Bertz CT molecular complexity index is 1100. The Balaban J connectivity index is 1.38. The number of halogens is 2. The summed E-state index contributed by atoms with van der Waals surface area (Å²) in [6.45, 7) is 0. The number of amides is 3. The number of carbonyl (C=O) groups excluding carboxylic acids is 2. The predicted molar refractivity (Wildman–Crippen MR) is 111 cm³/mol. The smallest absolute Gasteiger partial charge is 0.319 e. The second kappa shape index (κ2) is 8.58. The predicted octanol–water partition coefficient (Wildman–Crippen LogP) is 4.55. The molecule has 2 aromatic carbocycles. The molecule has 3 aromatic rings. The van der Waals surface area contributed by atoms with Crippen molar-refractivity contribution in [1.82, 2.24) is 10.3 Å². The van der Waals surface area contributed by atoms with Crippen LogP contribution in [0, 0.1) is 11.6 Å². The molecule has 1 aromatic heterocycles. The highest BCUT2D eigenvalue weighted by molar-refractivity contribution is 7.15. The standard InChI is InChI=1S/C21H18F2N4O2S/c22-14-5-4-12(18(23)10-14)9-17-11-24-21(30-17)27-19(28)13-2-1-3-16(8-13)26-20(29)25-15-6-7-15/h1-5,8,10-11,15H,6-7,9H2,(H,24,27,28)(H2,25,26,29). The summed E-state index contributed by atoms with van der Waals surface area (Å²) >= 11 is 1.21. The minimum Gasteiger partial charge on any atom is -0.335 e. The first-order valence-corrected chi connectivity index (χ1v) is 10.2. The fourth-order valence-electron chi connectivity index (χ4n) is 2.79. The van der Waals surface area contributed by atoms with Gasteiger partial charge in [0.2, 0.25) is 0 Å². The number of nitrogens with zero attached hydrogens (tertiary/aromatic N) is 1. The van der Waals surface area contributed by atoms with E-state index in [1.165, 1.54) is 23.5 Å². The van der Waals surface area contributed by atoms with Crippen molar-refractivity contribution in [2.75, 3.05) is 10.6 Å². The Morgan fingerprint density at radius 3 is 2.70 bits per heavy atom. The quantitative estimate of drug-likeness (QED) is 0.539. The van der Waals surface area contributed by atoms with Crippen molar-refractivity contribution in [3.05, 3.63) is 76.3 Å². The van der Waals surface area contributed by atoms with Crippen LogP contribution in [-0.4, -0.2) is 23.0 Å². The van der Waals surface area contributed by atoms with Crippen molar-refractivity contribution < 1.29 is 18.4 Å². The Morgan fingerprint density at radius 1 is 1.10 bits per heavy atom. The lowest BCUT2D eigenvalue weighted by atomic mass is 10.1. The van der Waals surface area contributed by atoms with Crippen LogP contribution in [0.3, 0.4) is 0 Å². The highest BCUT2D eigenvalue weighted by atomic mass is 32.1. The third kappa shape index (κ3) is 5.18. The normalized spacial score (nSPS) is 13.0. The summed E-state index contributed by atoms with van der Waals surface area (Å²) in [5.74, 6) is -1.63. The van der Waals surface area contributed by atoms with Crippen LogP contribution in [0.5, 0.6) is 0 Å². The highest BCUT2D eigenvalue weighted by Gasteiger charge is 2.23. The van der Waals surface area contributed by atoms with Crippen LogP contribution in [0.2, 0.25) is 0 Å². The summed E-state index contributed by atoms with van der Waals surface area (Å²) < 4.78 is 26.8. The van der Waals surface area contributed by atoms with E-state index in [-0.39, 0.29) is 24.4 Å². The van der Waals surface area contributed by atoms with Crippen LogP contribution >= 0.6 is 11.3 Å². The van der Waals surface area contributed by atoms with E-state index in [0.717, 1.165) is 23.8 Å². The maximum atomic E-state index is 13.8. The van der Waals surface area contributed by atoms with E-state index in [2.05, 4.69) is 20.9 Å². The fourth-order valence-corrected chi connectivity index (χ4v) is 3.62. The summed E-state index contributed by atoms with van der Waals surface area (Å²) in [5.41, 5.74) is 1.22. The second-order valence-corrected chi connectivity index (χ2v) is 8.07. The largest absolute Gasteiger partial charge is 0.335 e. The summed E-state index contributed by atoms with van der Waals surface area (Å²) in [7, 11) is 0. The van der Waals surface area contributed by atoms with Gasteiger partial charge >= 0.3 is 6.03 Å². The number of hydrogen-bond donors (Lipinski definition) is 3. The Kier molecular flexibility index (Phi) is 5.71. The van der Waals surface area contributed by atoms with Crippen molar-refractivity contribution in [3.63, 3.8) is 0 Å². The molecule has 1 aliphatic rings. The molecule has 0 radical (unpaired) electrons. The molecule has 3 amide bonds. The molecular weight excluding hydrogens is 410 g/mol. The number of anilines is 2. The van der Waals surface area contributed by atoms with Crippen molar-refractivity contribution in [2.24, 2.45) is 0 Å². The SMILES string of the molecule is O=C(Nc1cccc(C(=O)Nc2ncc(Cc3ccc(F)cc3F)s2)c1)NC1CC1. The van der Waals surface area contributed by atoms with Gasteiger partial charge in [0, 0.05) is 40.9 Å². The number of urea groups is 1. The average Bonchev–Trinajstić information content (AvgIpc) is 3.41. The molecule has 4 rings (SSSR count). The molecule has 0 bridgehead atoms. The fraction of sp³-hybridized carbons (Fsp3) is 0.190. The molecule has 3 N–H and O–H groups in total. The molecule has 0 atom stereocenters. The first-order chi connectivity index (χ1) is 14.5. The molecule has 0 unspecified atom stereocenters. The number of hydrogen-bond acceptors (Lipinski definition) is 4. The monoisotopic (exact) mass is 428 g/mol. The molecule has 0 saturated heterocycles. The lowest BCUT2D eigenvalue weighted by Gasteiger charge is -2.08. The third-order valence-electron chi connectivity index (χ3n) is 4.45. The molecule has 0 spiro atoms.